The molecule has 0 unspecified atom stereocenters. The molecule has 0 fully saturated rings. The molecule has 3 aromatic rings. The number of para-hydroxylation sites is 1. The van der Waals surface area contributed by atoms with Gasteiger partial charge in [0.25, 0.3) is 5.91 Å². The second-order valence-corrected chi connectivity index (χ2v) is 12.2. The average molecular weight is 568 g/mol. The first-order chi connectivity index (χ1) is 19.0. The summed E-state index contributed by atoms with van der Waals surface area (Å²) >= 11 is 0. The number of anilines is 1. The summed E-state index contributed by atoms with van der Waals surface area (Å²) in [5, 5.41) is 9.85. The van der Waals surface area contributed by atoms with Gasteiger partial charge in [0, 0.05) is 31.2 Å². The molecule has 1 heterocycles. The zero-order valence-electron chi connectivity index (χ0n) is 23.3. The van der Waals surface area contributed by atoms with Gasteiger partial charge in [0.05, 0.1) is 24.5 Å². The van der Waals surface area contributed by atoms with E-state index < -0.39 is 16.1 Å². The number of carbonyl (C=O) groups excluding carboxylic acids is 1. The van der Waals surface area contributed by atoms with Gasteiger partial charge in [-0.05, 0) is 62.0 Å². The number of hydrogen-bond donors (Lipinski definition) is 2. The molecular formula is C30H37N3O6S. The SMILES string of the molecule is C[C@H]1CN([C@@H](C)CO)C(=O)c2cc(NS(C)(=O)=O)ccc2O[C@@H]1CN(C)Cc1ccc(Oc2ccccc2)cc1. The number of aliphatic hydroxyl groups is 1. The molecule has 40 heavy (non-hydrogen) atoms. The van der Waals surface area contributed by atoms with Crippen LogP contribution in [0, 0.1) is 5.92 Å². The molecule has 2 N–H and O–H groups in total. The van der Waals surface area contributed by atoms with Crippen LogP contribution in [0.25, 0.3) is 0 Å². The van der Waals surface area contributed by atoms with E-state index in [-0.39, 0.29) is 35.8 Å². The topological polar surface area (TPSA) is 108 Å². The molecule has 4 rings (SSSR count). The summed E-state index contributed by atoms with van der Waals surface area (Å²) in [6.45, 7) is 5.28. The van der Waals surface area contributed by atoms with E-state index in [1.54, 1.807) is 24.0 Å². The Balaban J connectivity index is 1.50. The fourth-order valence-electron chi connectivity index (χ4n) is 4.69. The fraction of sp³-hybridized carbons (Fsp3) is 0.367. The summed E-state index contributed by atoms with van der Waals surface area (Å²) in [7, 11) is -1.51. The van der Waals surface area contributed by atoms with Gasteiger partial charge in [-0.1, -0.05) is 37.3 Å². The number of sulfonamides is 1. The maximum atomic E-state index is 13.5. The Morgan fingerprint density at radius 1 is 1.10 bits per heavy atom. The molecule has 214 valence electrons. The first kappa shape index (κ1) is 29.4. The third kappa shape index (κ3) is 7.74. The highest BCUT2D eigenvalue weighted by Crippen LogP contribution is 2.31. The second kappa shape index (κ2) is 12.7. The molecule has 0 bridgehead atoms. The lowest BCUT2D eigenvalue weighted by Gasteiger charge is -2.38. The molecule has 0 saturated carbocycles. The van der Waals surface area contributed by atoms with E-state index in [2.05, 4.69) is 9.62 Å². The Morgan fingerprint density at radius 3 is 2.42 bits per heavy atom. The number of nitrogens with zero attached hydrogens (tertiary/aromatic N) is 2. The van der Waals surface area contributed by atoms with Crippen molar-refractivity contribution in [3.8, 4) is 17.2 Å². The number of hydrogen-bond acceptors (Lipinski definition) is 7. The van der Waals surface area contributed by atoms with E-state index in [9.17, 15) is 18.3 Å². The van der Waals surface area contributed by atoms with Crippen LogP contribution in [-0.4, -0.2) is 74.4 Å². The van der Waals surface area contributed by atoms with E-state index in [4.69, 9.17) is 9.47 Å². The van der Waals surface area contributed by atoms with Gasteiger partial charge < -0.3 is 19.5 Å². The lowest BCUT2D eigenvalue weighted by molar-refractivity contribution is 0.0341. The van der Waals surface area contributed by atoms with Crippen molar-refractivity contribution in [3.63, 3.8) is 0 Å². The van der Waals surface area contributed by atoms with Crippen LogP contribution < -0.4 is 14.2 Å². The monoisotopic (exact) mass is 567 g/mol. The van der Waals surface area contributed by atoms with Gasteiger partial charge in [0.2, 0.25) is 10.0 Å². The van der Waals surface area contributed by atoms with Gasteiger partial charge >= 0.3 is 0 Å². The largest absolute Gasteiger partial charge is 0.488 e. The molecule has 1 aliphatic heterocycles. The minimum absolute atomic E-state index is 0.0379. The van der Waals surface area contributed by atoms with E-state index in [0.717, 1.165) is 23.3 Å². The molecule has 3 aromatic carbocycles. The summed E-state index contributed by atoms with van der Waals surface area (Å²) < 4.78 is 38.3. The van der Waals surface area contributed by atoms with Gasteiger partial charge in [-0.3, -0.25) is 14.4 Å². The number of amides is 1. The molecule has 9 nitrogen and oxygen atoms in total. The number of aliphatic hydroxyl groups excluding tert-OH is 1. The Hall–Kier alpha value is -3.60. The Morgan fingerprint density at radius 2 is 1.77 bits per heavy atom. The van der Waals surface area contributed by atoms with Crippen LogP contribution in [0.2, 0.25) is 0 Å². The maximum Gasteiger partial charge on any atom is 0.258 e. The van der Waals surface area contributed by atoms with E-state index in [1.165, 1.54) is 6.07 Å². The first-order valence-electron chi connectivity index (χ1n) is 13.2. The van der Waals surface area contributed by atoms with Crippen LogP contribution in [0.1, 0.15) is 29.8 Å². The number of fused-ring (bicyclic) bond motifs is 1. The van der Waals surface area contributed by atoms with E-state index in [0.29, 0.717) is 25.4 Å². The number of rotatable bonds is 10. The van der Waals surface area contributed by atoms with Crippen molar-refractivity contribution in [1.29, 1.82) is 0 Å². The minimum Gasteiger partial charge on any atom is -0.488 e. The van der Waals surface area contributed by atoms with E-state index in [1.807, 2.05) is 68.6 Å². The van der Waals surface area contributed by atoms with Crippen LogP contribution >= 0.6 is 0 Å². The highest BCUT2D eigenvalue weighted by atomic mass is 32.2. The molecule has 1 amide bonds. The lowest BCUT2D eigenvalue weighted by atomic mass is 9.99. The molecule has 0 aromatic heterocycles. The van der Waals surface area contributed by atoms with Gasteiger partial charge in [-0.2, -0.15) is 0 Å². The molecule has 0 radical (unpaired) electrons. The summed E-state index contributed by atoms with van der Waals surface area (Å²) in [6.07, 6.45) is 0.791. The molecule has 3 atom stereocenters. The summed E-state index contributed by atoms with van der Waals surface area (Å²) in [6, 6.07) is 21.9. The van der Waals surface area contributed by atoms with Crippen molar-refractivity contribution in [2.45, 2.75) is 32.5 Å². The molecule has 0 aliphatic carbocycles. The van der Waals surface area contributed by atoms with Crippen LogP contribution in [0.5, 0.6) is 17.2 Å². The summed E-state index contributed by atoms with van der Waals surface area (Å²) in [5.41, 5.74) is 1.64. The number of likely N-dealkylation sites (N-methyl/N-ethyl adjacent to an activating group) is 1. The smallest absolute Gasteiger partial charge is 0.258 e. The number of ether oxygens (including phenoxy) is 2. The Bertz CT molecular complexity index is 1400. The number of carbonyl (C=O) groups is 1. The average Bonchev–Trinajstić information content (AvgIpc) is 2.91. The summed E-state index contributed by atoms with van der Waals surface area (Å²) in [4.78, 5) is 17.3. The van der Waals surface area contributed by atoms with Crippen molar-refractivity contribution >= 4 is 21.6 Å². The van der Waals surface area contributed by atoms with Gasteiger partial charge in [0.15, 0.2) is 0 Å². The Kier molecular flexibility index (Phi) is 9.34. The minimum atomic E-state index is -3.53. The van der Waals surface area contributed by atoms with Crippen molar-refractivity contribution in [2.24, 2.45) is 5.92 Å². The standard InChI is InChI=1S/C30H37N3O6S/c1-21-17-33(22(2)20-34)30(35)27-16-24(31-40(4,36)37)12-15-28(27)39-29(21)19-32(3)18-23-10-13-26(14-11-23)38-25-8-6-5-7-9-25/h5-16,21-22,29,31,34H,17-20H2,1-4H3/t21-,22-,29+/m0/s1. The predicted molar refractivity (Wildman–Crippen MR) is 155 cm³/mol. The molecular weight excluding hydrogens is 530 g/mol. The highest BCUT2D eigenvalue weighted by Gasteiger charge is 2.33. The molecule has 0 saturated heterocycles. The zero-order valence-corrected chi connectivity index (χ0v) is 24.1. The number of nitrogens with one attached hydrogen (secondary N) is 1. The predicted octanol–water partition coefficient (Wildman–Crippen LogP) is 4.20. The van der Waals surface area contributed by atoms with Gasteiger partial charge in [-0.25, -0.2) is 8.42 Å². The second-order valence-electron chi connectivity index (χ2n) is 10.5. The molecule has 10 heteroatoms. The van der Waals surface area contributed by atoms with Crippen LogP contribution in [-0.2, 0) is 16.6 Å². The van der Waals surface area contributed by atoms with Crippen molar-refractivity contribution in [3.05, 3.63) is 83.9 Å². The zero-order chi connectivity index (χ0) is 28.9. The van der Waals surface area contributed by atoms with E-state index >= 15 is 0 Å². The normalized spacial score (nSPS) is 18.4. The highest BCUT2D eigenvalue weighted by molar-refractivity contribution is 7.92. The lowest BCUT2D eigenvalue weighted by Crippen LogP contribution is -2.49. The van der Waals surface area contributed by atoms with Crippen LogP contribution in [0.15, 0.2) is 72.8 Å². The van der Waals surface area contributed by atoms with Crippen LogP contribution in [0.4, 0.5) is 5.69 Å². The van der Waals surface area contributed by atoms with Gasteiger partial charge in [0.1, 0.15) is 23.4 Å². The van der Waals surface area contributed by atoms with Crippen LogP contribution in [0.3, 0.4) is 0 Å². The Labute approximate surface area is 236 Å². The first-order valence-corrected chi connectivity index (χ1v) is 15.1. The third-order valence-corrected chi connectivity index (χ3v) is 7.42. The van der Waals surface area contributed by atoms with Crippen molar-refractivity contribution in [1.82, 2.24) is 9.80 Å². The van der Waals surface area contributed by atoms with Crippen molar-refractivity contribution in [2.75, 3.05) is 37.7 Å². The number of benzene rings is 3. The fourth-order valence-corrected chi connectivity index (χ4v) is 5.24. The quantitative estimate of drug-likeness (QED) is 0.378. The van der Waals surface area contributed by atoms with Crippen molar-refractivity contribution < 1.29 is 27.8 Å². The van der Waals surface area contributed by atoms with Gasteiger partial charge in [-0.15, -0.1) is 0 Å². The molecule has 1 aliphatic rings. The third-order valence-electron chi connectivity index (χ3n) is 6.81. The molecule has 0 spiro atoms. The summed E-state index contributed by atoms with van der Waals surface area (Å²) in [5.74, 6) is 1.57. The maximum absolute atomic E-state index is 13.5.